The topological polar surface area (TPSA) is 101 Å². The van der Waals surface area contributed by atoms with E-state index < -0.39 is 22.9 Å². The van der Waals surface area contributed by atoms with E-state index in [1.807, 2.05) is 0 Å². The lowest BCUT2D eigenvalue weighted by atomic mass is 9.71. The van der Waals surface area contributed by atoms with Crippen LogP contribution in [0.1, 0.15) is 19.8 Å². The normalized spacial score (nSPS) is 36.7. The van der Waals surface area contributed by atoms with Crippen molar-refractivity contribution >= 4 is 11.9 Å². The van der Waals surface area contributed by atoms with E-state index in [0.29, 0.717) is 0 Å². The molecule has 5 nitrogen and oxygen atoms in total. The molecule has 0 heterocycles. The van der Waals surface area contributed by atoms with Gasteiger partial charge in [0.15, 0.2) is 0 Å². The number of carbonyl (C=O) groups is 2. The Morgan fingerprint density at radius 3 is 2.36 bits per heavy atom. The Kier molecular flexibility index (Phi) is 2.37. The van der Waals surface area contributed by atoms with Crippen LogP contribution in [0.3, 0.4) is 0 Å². The standard InChI is InChI=1S/C9H13NO4/c1-8(6(11)12)3-2-4-9(10,5-8)7(13)14/h2-3H,4-5,10H2,1H3,(H,11,12)(H,13,14)/t8?,9-/m0/s1. The van der Waals surface area contributed by atoms with Crippen molar-refractivity contribution in [3.63, 3.8) is 0 Å². The molecule has 14 heavy (non-hydrogen) atoms. The van der Waals surface area contributed by atoms with Gasteiger partial charge in [0.05, 0.1) is 5.41 Å². The van der Waals surface area contributed by atoms with Gasteiger partial charge >= 0.3 is 11.9 Å². The average molecular weight is 199 g/mol. The van der Waals surface area contributed by atoms with E-state index in [0.717, 1.165) is 0 Å². The van der Waals surface area contributed by atoms with E-state index >= 15 is 0 Å². The van der Waals surface area contributed by atoms with Crippen LogP contribution in [0, 0.1) is 5.41 Å². The fourth-order valence-electron chi connectivity index (χ4n) is 1.63. The smallest absolute Gasteiger partial charge is 0.324 e. The Balaban J connectivity index is 3.00. The molecule has 2 atom stereocenters. The van der Waals surface area contributed by atoms with E-state index in [1.54, 1.807) is 0 Å². The van der Waals surface area contributed by atoms with Crippen LogP contribution in [0.15, 0.2) is 12.2 Å². The predicted octanol–water partition coefficient (Wildman–Crippen LogP) is 0.209. The molecule has 1 aliphatic rings. The molecule has 1 rings (SSSR count). The van der Waals surface area contributed by atoms with Gasteiger partial charge < -0.3 is 15.9 Å². The molecule has 78 valence electrons. The summed E-state index contributed by atoms with van der Waals surface area (Å²) in [5, 5.41) is 17.8. The lowest BCUT2D eigenvalue weighted by Crippen LogP contribution is -2.53. The van der Waals surface area contributed by atoms with Gasteiger partial charge in [-0.2, -0.15) is 0 Å². The molecule has 0 aromatic heterocycles. The highest BCUT2D eigenvalue weighted by Gasteiger charge is 2.46. The second-order valence-electron chi connectivity index (χ2n) is 3.97. The maximum atomic E-state index is 10.9. The van der Waals surface area contributed by atoms with Crippen LogP contribution in [0.25, 0.3) is 0 Å². The predicted molar refractivity (Wildman–Crippen MR) is 48.7 cm³/mol. The van der Waals surface area contributed by atoms with Crippen molar-refractivity contribution < 1.29 is 19.8 Å². The quantitative estimate of drug-likeness (QED) is 0.552. The van der Waals surface area contributed by atoms with Crippen LogP contribution < -0.4 is 5.73 Å². The zero-order valence-electron chi connectivity index (χ0n) is 7.86. The Labute approximate surface area is 81.2 Å². The molecule has 0 bridgehead atoms. The van der Waals surface area contributed by atoms with Gasteiger partial charge in [0, 0.05) is 0 Å². The van der Waals surface area contributed by atoms with Crippen molar-refractivity contribution in [2.75, 3.05) is 0 Å². The molecule has 0 amide bonds. The zero-order valence-corrected chi connectivity index (χ0v) is 7.86. The Bertz CT molecular complexity index is 312. The van der Waals surface area contributed by atoms with Crippen molar-refractivity contribution in [3.05, 3.63) is 12.2 Å². The Morgan fingerprint density at radius 1 is 1.36 bits per heavy atom. The van der Waals surface area contributed by atoms with Gasteiger partial charge in [-0.3, -0.25) is 9.59 Å². The molecule has 0 aromatic carbocycles. The highest BCUT2D eigenvalue weighted by Crippen LogP contribution is 2.35. The summed E-state index contributed by atoms with van der Waals surface area (Å²) in [5.74, 6) is -2.21. The molecule has 0 radical (unpaired) electrons. The number of hydrogen-bond acceptors (Lipinski definition) is 3. The van der Waals surface area contributed by atoms with Gasteiger partial charge in [0.25, 0.3) is 0 Å². The van der Waals surface area contributed by atoms with Crippen molar-refractivity contribution in [3.8, 4) is 0 Å². The number of aliphatic carboxylic acids is 2. The molecule has 0 spiro atoms. The van der Waals surface area contributed by atoms with Crippen molar-refractivity contribution in [1.82, 2.24) is 0 Å². The average Bonchev–Trinajstić information content (AvgIpc) is 2.03. The molecule has 0 fully saturated rings. The number of carboxylic acid groups (broad SMARTS) is 2. The van der Waals surface area contributed by atoms with Crippen molar-refractivity contribution in [2.24, 2.45) is 11.1 Å². The lowest BCUT2D eigenvalue weighted by molar-refractivity contribution is -0.150. The fourth-order valence-corrected chi connectivity index (χ4v) is 1.63. The molecule has 1 aliphatic carbocycles. The molecule has 1 unspecified atom stereocenters. The highest BCUT2D eigenvalue weighted by molar-refractivity contribution is 5.83. The van der Waals surface area contributed by atoms with E-state index in [2.05, 4.69) is 0 Å². The molecule has 0 saturated carbocycles. The number of rotatable bonds is 2. The summed E-state index contributed by atoms with van der Waals surface area (Å²) in [6.45, 7) is 1.47. The Hall–Kier alpha value is -1.36. The lowest BCUT2D eigenvalue weighted by Gasteiger charge is -2.35. The van der Waals surface area contributed by atoms with Gasteiger partial charge in [-0.05, 0) is 19.8 Å². The van der Waals surface area contributed by atoms with E-state index in [-0.39, 0.29) is 12.8 Å². The van der Waals surface area contributed by atoms with Crippen LogP contribution in [0.4, 0.5) is 0 Å². The molecular formula is C9H13NO4. The summed E-state index contributed by atoms with van der Waals surface area (Å²) in [7, 11) is 0. The fraction of sp³-hybridized carbons (Fsp3) is 0.556. The summed E-state index contributed by atoms with van der Waals surface area (Å²) in [5.41, 5.74) is 2.97. The monoisotopic (exact) mass is 199 g/mol. The molecule has 0 aromatic rings. The molecular weight excluding hydrogens is 186 g/mol. The largest absolute Gasteiger partial charge is 0.481 e. The third kappa shape index (κ3) is 1.63. The van der Waals surface area contributed by atoms with Gasteiger partial charge in [-0.25, -0.2) is 0 Å². The van der Waals surface area contributed by atoms with E-state index in [9.17, 15) is 9.59 Å². The third-order valence-corrected chi connectivity index (χ3v) is 2.56. The summed E-state index contributed by atoms with van der Waals surface area (Å²) < 4.78 is 0. The first-order chi connectivity index (χ1) is 6.30. The van der Waals surface area contributed by atoms with E-state index in [4.69, 9.17) is 15.9 Å². The first kappa shape index (κ1) is 10.7. The minimum Gasteiger partial charge on any atom is -0.481 e. The van der Waals surface area contributed by atoms with Crippen molar-refractivity contribution in [2.45, 2.75) is 25.3 Å². The van der Waals surface area contributed by atoms with Crippen molar-refractivity contribution in [1.29, 1.82) is 0 Å². The SMILES string of the molecule is CC1(C(=O)O)C=CC[C@@](N)(C(=O)O)C1. The summed E-state index contributed by atoms with van der Waals surface area (Å²) in [4.78, 5) is 21.7. The molecule has 0 saturated heterocycles. The maximum absolute atomic E-state index is 10.9. The summed E-state index contributed by atoms with van der Waals surface area (Å²) in [6.07, 6.45) is 3.11. The van der Waals surface area contributed by atoms with Gasteiger partial charge in [-0.1, -0.05) is 12.2 Å². The van der Waals surface area contributed by atoms with Gasteiger partial charge in [0.1, 0.15) is 5.54 Å². The van der Waals surface area contributed by atoms with Crippen LogP contribution in [-0.4, -0.2) is 27.7 Å². The first-order valence-electron chi connectivity index (χ1n) is 4.24. The second-order valence-corrected chi connectivity index (χ2v) is 3.97. The van der Waals surface area contributed by atoms with Crippen LogP contribution in [0.5, 0.6) is 0 Å². The van der Waals surface area contributed by atoms with Crippen LogP contribution in [0.2, 0.25) is 0 Å². The number of hydrogen-bond donors (Lipinski definition) is 3. The van der Waals surface area contributed by atoms with Gasteiger partial charge in [-0.15, -0.1) is 0 Å². The second kappa shape index (κ2) is 3.09. The van der Waals surface area contributed by atoms with Gasteiger partial charge in [0.2, 0.25) is 0 Å². The minimum absolute atomic E-state index is 0.0822. The molecule has 0 aliphatic heterocycles. The highest BCUT2D eigenvalue weighted by atomic mass is 16.4. The zero-order chi connectivity index (χ0) is 11.0. The summed E-state index contributed by atoms with van der Waals surface area (Å²) >= 11 is 0. The Morgan fingerprint density at radius 2 is 1.93 bits per heavy atom. The molecule has 5 heteroatoms. The third-order valence-electron chi connectivity index (χ3n) is 2.56. The molecule has 4 N–H and O–H groups in total. The number of nitrogens with two attached hydrogens (primary N) is 1. The number of carboxylic acids is 2. The first-order valence-corrected chi connectivity index (χ1v) is 4.24. The van der Waals surface area contributed by atoms with E-state index in [1.165, 1.54) is 19.1 Å². The minimum atomic E-state index is -1.46. The summed E-state index contributed by atoms with van der Waals surface area (Å²) in [6, 6.07) is 0. The maximum Gasteiger partial charge on any atom is 0.324 e. The van der Waals surface area contributed by atoms with Crippen LogP contribution >= 0.6 is 0 Å². The van der Waals surface area contributed by atoms with Crippen LogP contribution in [-0.2, 0) is 9.59 Å².